The zero-order valence-corrected chi connectivity index (χ0v) is 13.0. The average Bonchev–Trinajstić information content (AvgIpc) is 2.55. The molecule has 23 heavy (non-hydrogen) atoms. The summed E-state index contributed by atoms with van der Waals surface area (Å²) in [6.45, 7) is 3.39. The Kier molecular flexibility index (Phi) is 5.46. The van der Waals surface area contributed by atoms with Gasteiger partial charge >= 0.3 is 5.97 Å². The number of benzene rings is 2. The molecule has 120 valence electrons. The molecule has 1 N–H and O–H groups in total. The number of carbonyl (C=O) groups excluding carboxylic acids is 2. The van der Waals surface area contributed by atoms with E-state index in [1.165, 1.54) is 24.3 Å². The van der Waals surface area contributed by atoms with Crippen LogP contribution in [0.2, 0.25) is 0 Å². The van der Waals surface area contributed by atoms with Gasteiger partial charge in [0.05, 0.1) is 5.92 Å². The Hall–Kier alpha value is -2.69. The minimum atomic E-state index is -1.06. The third kappa shape index (κ3) is 4.64. The fourth-order valence-corrected chi connectivity index (χ4v) is 1.89. The molecular formula is C18H18FNO3. The molecule has 0 aliphatic rings. The first-order valence-corrected chi connectivity index (χ1v) is 7.29. The van der Waals surface area contributed by atoms with Crippen LogP contribution in [-0.4, -0.2) is 11.9 Å². The second kappa shape index (κ2) is 7.54. The van der Waals surface area contributed by atoms with E-state index in [-0.39, 0.29) is 5.92 Å². The Balaban J connectivity index is 2.20. The smallest absolute Gasteiger partial charge is 0.309 e. The monoisotopic (exact) mass is 315 g/mol. The molecule has 0 unspecified atom stereocenters. The number of nitrogens with one attached hydrogen (secondary N) is 1. The summed E-state index contributed by atoms with van der Waals surface area (Å²) >= 11 is 0. The molecular weight excluding hydrogens is 297 g/mol. The molecule has 2 aromatic rings. The van der Waals surface area contributed by atoms with Gasteiger partial charge in [-0.3, -0.25) is 9.59 Å². The lowest BCUT2D eigenvalue weighted by Gasteiger charge is -2.19. The molecule has 0 saturated heterocycles. The Morgan fingerprint density at radius 1 is 1.00 bits per heavy atom. The number of amides is 1. The Bertz CT molecular complexity index is 668. The lowest BCUT2D eigenvalue weighted by molar-refractivity contribution is -0.157. The number of hydrogen-bond acceptors (Lipinski definition) is 3. The number of hydrogen-bond donors (Lipinski definition) is 1. The number of anilines is 1. The van der Waals surface area contributed by atoms with Gasteiger partial charge in [0.25, 0.3) is 5.91 Å². The van der Waals surface area contributed by atoms with E-state index in [0.717, 1.165) is 0 Å². The highest BCUT2D eigenvalue weighted by Crippen LogP contribution is 2.21. The normalized spacial score (nSPS) is 11.8. The minimum absolute atomic E-state index is 0.347. The van der Waals surface area contributed by atoms with E-state index in [1.807, 2.05) is 6.07 Å². The zero-order chi connectivity index (χ0) is 16.8. The molecule has 0 spiro atoms. The third-order valence-electron chi connectivity index (χ3n) is 3.16. The molecule has 0 bridgehead atoms. The van der Waals surface area contributed by atoms with E-state index in [9.17, 15) is 14.0 Å². The number of rotatable bonds is 5. The highest BCUT2D eigenvalue weighted by Gasteiger charge is 2.26. The maximum atomic E-state index is 12.9. The van der Waals surface area contributed by atoms with Crippen molar-refractivity contribution >= 4 is 17.6 Å². The van der Waals surface area contributed by atoms with E-state index >= 15 is 0 Å². The van der Waals surface area contributed by atoms with Crippen LogP contribution >= 0.6 is 0 Å². The molecule has 1 amide bonds. The van der Waals surface area contributed by atoms with Gasteiger partial charge in [0.2, 0.25) is 6.10 Å². The van der Waals surface area contributed by atoms with E-state index in [1.54, 1.807) is 38.1 Å². The molecule has 0 aliphatic carbocycles. The summed E-state index contributed by atoms with van der Waals surface area (Å²) in [4.78, 5) is 24.4. The van der Waals surface area contributed by atoms with Crippen LogP contribution in [0.4, 0.5) is 10.1 Å². The van der Waals surface area contributed by atoms with Crippen LogP contribution in [0, 0.1) is 11.7 Å². The van der Waals surface area contributed by atoms with Crippen molar-refractivity contribution in [3.05, 3.63) is 66.0 Å². The van der Waals surface area contributed by atoms with Crippen LogP contribution in [0.5, 0.6) is 0 Å². The quantitative estimate of drug-likeness (QED) is 0.856. The highest BCUT2D eigenvalue weighted by atomic mass is 19.1. The maximum absolute atomic E-state index is 12.9. The summed E-state index contributed by atoms with van der Waals surface area (Å²) in [5.74, 6) is -1.70. The van der Waals surface area contributed by atoms with Gasteiger partial charge in [0.15, 0.2) is 0 Å². The number of halogens is 1. The molecule has 0 heterocycles. The number of ether oxygens (including phenoxy) is 1. The van der Waals surface area contributed by atoms with Crippen LogP contribution in [0.25, 0.3) is 0 Å². The van der Waals surface area contributed by atoms with Crippen molar-refractivity contribution in [1.29, 1.82) is 0 Å². The predicted molar refractivity (Wildman–Crippen MR) is 85.1 cm³/mol. The SMILES string of the molecule is CC(C)C(=O)O[C@@H](C(=O)Nc1ccc(F)cc1)c1ccccc1. The van der Waals surface area contributed by atoms with Gasteiger partial charge in [-0.2, -0.15) is 0 Å². The number of carbonyl (C=O) groups is 2. The number of esters is 1. The van der Waals surface area contributed by atoms with Crippen molar-refractivity contribution in [3.8, 4) is 0 Å². The third-order valence-corrected chi connectivity index (χ3v) is 3.16. The van der Waals surface area contributed by atoms with Gasteiger partial charge in [-0.05, 0) is 24.3 Å². The van der Waals surface area contributed by atoms with E-state index < -0.39 is 23.8 Å². The highest BCUT2D eigenvalue weighted by molar-refractivity contribution is 5.96. The maximum Gasteiger partial charge on any atom is 0.309 e. The standard InChI is InChI=1S/C18H18FNO3/c1-12(2)18(22)23-16(13-6-4-3-5-7-13)17(21)20-15-10-8-14(19)9-11-15/h3-12,16H,1-2H3,(H,20,21)/t16-/m1/s1. The first kappa shape index (κ1) is 16.7. The lowest BCUT2D eigenvalue weighted by atomic mass is 10.1. The van der Waals surface area contributed by atoms with Gasteiger partial charge in [0, 0.05) is 11.3 Å². The second-order valence-electron chi connectivity index (χ2n) is 5.38. The van der Waals surface area contributed by atoms with Crippen molar-refractivity contribution in [2.24, 2.45) is 5.92 Å². The summed E-state index contributed by atoms with van der Waals surface area (Å²) in [6.07, 6.45) is -1.06. The van der Waals surface area contributed by atoms with Crippen molar-refractivity contribution in [3.63, 3.8) is 0 Å². The van der Waals surface area contributed by atoms with Gasteiger partial charge in [-0.15, -0.1) is 0 Å². The zero-order valence-electron chi connectivity index (χ0n) is 13.0. The minimum Gasteiger partial charge on any atom is -0.447 e. The summed E-state index contributed by atoms with van der Waals surface area (Å²) < 4.78 is 18.3. The van der Waals surface area contributed by atoms with E-state index in [4.69, 9.17) is 4.74 Å². The van der Waals surface area contributed by atoms with Crippen molar-refractivity contribution in [1.82, 2.24) is 0 Å². The largest absolute Gasteiger partial charge is 0.447 e. The van der Waals surface area contributed by atoms with Crippen LogP contribution < -0.4 is 5.32 Å². The molecule has 0 aliphatic heterocycles. The van der Waals surface area contributed by atoms with Gasteiger partial charge in [-0.25, -0.2) is 4.39 Å². The fourth-order valence-electron chi connectivity index (χ4n) is 1.89. The molecule has 4 nitrogen and oxygen atoms in total. The second-order valence-corrected chi connectivity index (χ2v) is 5.38. The topological polar surface area (TPSA) is 55.4 Å². The Labute approximate surface area is 134 Å². The summed E-state index contributed by atoms with van der Waals surface area (Å²) in [5.41, 5.74) is 0.999. The van der Waals surface area contributed by atoms with Crippen molar-refractivity contribution in [2.45, 2.75) is 20.0 Å². The van der Waals surface area contributed by atoms with Gasteiger partial charge < -0.3 is 10.1 Å². The van der Waals surface area contributed by atoms with Crippen LogP contribution in [0.1, 0.15) is 25.5 Å². The van der Waals surface area contributed by atoms with E-state index in [2.05, 4.69) is 5.32 Å². The summed E-state index contributed by atoms with van der Waals surface area (Å²) in [5, 5.41) is 2.63. The summed E-state index contributed by atoms with van der Waals surface area (Å²) in [6, 6.07) is 14.1. The van der Waals surface area contributed by atoms with E-state index in [0.29, 0.717) is 11.3 Å². The predicted octanol–water partition coefficient (Wildman–Crippen LogP) is 3.70. The van der Waals surface area contributed by atoms with Crippen LogP contribution in [0.3, 0.4) is 0 Å². The summed E-state index contributed by atoms with van der Waals surface area (Å²) in [7, 11) is 0. The molecule has 1 atom stereocenters. The molecule has 0 saturated carbocycles. The first-order chi connectivity index (χ1) is 11.0. The fraction of sp³-hybridized carbons (Fsp3) is 0.222. The van der Waals surface area contributed by atoms with Crippen molar-refractivity contribution in [2.75, 3.05) is 5.32 Å². The van der Waals surface area contributed by atoms with Gasteiger partial charge in [0.1, 0.15) is 5.82 Å². The first-order valence-electron chi connectivity index (χ1n) is 7.29. The lowest BCUT2D eigenvalue weighted by Crippen LogP contribution is -2.27. The molecule has 0 radical (unpaired) electrons. The average molecular weight is 315 g/mol. The molecule has 2 aromatic carbocycles. The Morgan fingerprint density at radius 2 is 1.61 bits per heavy atom. The molecule has 0 fully saturated rings. The Morgan fingerprint density at radius 3 is 2.17 bits per heavy atom. The molecule has 0 aromatic heterocycles. The van der Waals surface area contributed by atoms with Gasteiger partial charge in [-0.1, -0.05) is 44.2 Å². The van der Waals surface area contributed by atoms with Crippen LogP contribution in [0.15, 0.2) is 54.6 Å². The van der Waals surface area contributed by atoms with Crippen molar-refractivity contribution < 1.29 is 18.7 Å². The molecule has 2 rings (SSSR count). The molecule has 5 heteroatoms. The van der Waals surface area contributed by atoms with Crippen LogP contribution in [-0.2, 0) is 14.3 Å².